The first kappa shape index (κ1) is 30.0. The van der Waals surface area contributed by atoms with Gasteiger partial charge in [0.1, 0.15) is 0 Å². The van der Waals surface area contributed by atoms with Gasteiger partial charge in [-0.05, 0) is 88.9 Å². The third-order valence-electron chi connectivity index (χ3n) is 10.7. The van der Waals surface area contributed by atoms with Gasteiger partial charge in [-0.2, -0.15) is 0 Å². The van der Waals surface area contributed by atoms with Crippen molar-refractivity contribution in [3.63, 3.8) is 0 Å². The molecule has 5 rings (SSSR count). The molecule has 40 heavy (non-hydrogen) atoms. The van der Waals surface area contributed by atoms with Gasteiger partial charge in [-0.3, -0.25) is 10.2 Å². The first-order valence-corrected chi connectivity index (χ1v) is 17.4. The zero-order chi connectivity index (χ0) is 28.3. The molecule has 3 heterocycles. The number of hydrazine groups is 1. The van der Waals surface area contributed by atoms with E-state index in [0.29, 0.717) is 56.5 Å². The van der Waals surface area contributed by atoms with E-state index in [9.17, 15) is 18.0 Å². The number of piperidine rings is 2. The number of nitrogens with one attached hydrogen (secondary N) is 3. The summed E-state index contributed by atoms with van der Waals surface area (Å²) in [6, 6.07) is 0.345. The molecule has 11 heteroatoms. The largest absolute Gasteiger partial charge is 0.453 e. The monoisotopic (exact) mass is 581 g/mol. The fourth-order valence-corrected chi connectivity index (χ4v) is 10.3. The second-order valence-electron chi connectivity index (χ2n) is 13.1. The Balaban J connectivity index is 1.10. The van der Waals surface area contributed by atoms with Crippen LogP contribution in [0.15, 0.2) is 0 Å². The Labute approximate surface area is 240 Å². The number of nitrogens with zero attached hydrogens (tertiary/aromatic N) is 2. The molecule has 5 aliphatic rings. The lowest BCUT2D eigenvalue weighted by molar-refractivity contribution is -0.126. The molecule has 0 radical (unpaired) electrons. The Morgan fingerprint density at radius 2 is 1.57 bits per heavy atom. The quantitative estimate of drug-likeness (QED) is 0.423. The molecule has 10 nitrogen and oxygen atoms in total. The molecule has 0 aromatic rings. The normalized spacial score (nSPS) is 35.1. The number of hydrogen-bond acceptors (Lipinski definition) is 7. The number of carbonyl (C=O) groups is 2. The molecule has 3 N–H and O–H groups in total. The van der Waals surface area contributed by atoms with Crippen molar-refractivity contribution in [3.8, 4) is 0 Å². The summed E-state index contributed by atoms with van der Waals surface area (Å²) in [6.45, 7) is 5.10. The molecule has 2 amide bonds. The number of alkyl carbamates (subject to hydrolysis) is 1. The van der Waals surface area contributed by atoms with E-state index in [1.807, 2.05) is 0 Å². The minimum atomic E-state index is -3.34. The van der Waals surface area contributed by atoms with Gasteiger partial charge in [0.15, 0.2) is 0 Å². The number of ether oxygens (including phenoxy) is 1. The van der Waals surface area contributed by atoms with E-state index >= 15 is 0 Å². The summed E-state index contributed by atoms with van der Waals surface area (Å²) in [5.41, 5.74) is 3.58. The SMILES string of the molecule is COC(=O)NC1CCC(S(=O)(=O)N2CCC(C3CCN4NC(C)C(C(=O)NCC5CCCCC5)C4C3)CC2)CC1. The Morgan fingerprint density at radius 1 is 0.900 bits per heavy atom. The number of sulfonamides is 1. The van der Waals surface area contributed by atoms with Crippen molar-refractivity contribution in [2.24, 2.45) is 23.7 Å². The fraction of sp³-hybridized carbons (Fsp3) is 0.931. The number of carbonyl (C=O) groups excluding carboxylic acids is 2. The Kier molecular flexibility index (Phi) is 9.95. The predicted octanol–water partition coefficient (Wildman–Crippen LogP) is 3.00. The molecule has 0 spiro atoms. The number of rotatable bonds is 7. The first-order chi connectivity index (χ1) is 19.3. The minimum Gasteiger partial charge on any atom is -0.453 e. The molecule has 228 valence electrons. The Bertz CT molecular complexity index is 973. The van der Waals surface area contributed by atoms with Crippen molar-refractivity contribution < 1.29 is 22.7 Å². The van der Waals surface area contributed by atoms with Crippen molar-refractivity contribution >= 4 is 22.0 Å². The molecule has 4 unspecified atom stereocenters. The zero-order valence-corrected chi connectivity index (χ0v) is 25.3. The van der Waals surface area contributed by atoms with Gasteiger partial charge in [0.25, 0.3) is 0 Å². The molecule has 0 aromatic carbocycles. The molecular formula is C29H51N5O5S. The molecule has 2 aliphatic carbocycles. The standard InChI is InChI=1S/C29H51N5O5S/c1-20-27(28(35)30-19-21-6-4-3-5-7-21)26-18-23(14-17-34(26)32-20)22-12-15-33(16-13-22)40(37,38)25-10-8-24(9-11-25)31-29(36)39-2/h20-27,32H,3-19H2,1-2H3,(H,30,35)(H,31,36). The number of amides is 2. The molecule has 0 aromatic heterocycles. The predicted molar refractivity (Wildman–Crippen MR) is 154 cm³/mol. The summed E-state index contributed by atoms with van der Waals surface area (Å²) in [6.07, 6.45) is 12.3. The summed E-state index contributed by atoms with van der Waals surface area (Å²) in [7, 11) is -1.99. The van der Waals surface area contributed by atoms with Gasteiger partial charge in [-0.15, -0.1) is 0 Å². The van der Waals surface area contributed by atoms with Crippen molar-refractivity contribution in [3.05, 3.63) is 0 Å². The topological polar surface area (TPSA) is 120 Å². The van der Waals surface area contributed by atoms with E-state index in [-0.39, 0.29) is 35.2 Å². The summed E-state index contributed by atoms with van der Waals surface area (Å²) >= 11 is 0. The first-order valence-electron chi connectivity index (χ1n) is 15.9. The molecule has 2 saturated carbocycles. The van der Waals surface area contributed by atoms with Crippen molar-refractivity contribution in [1.82, 2.24) is 25.4 Å². The molecule has 3 aliphatic heterocycles. The van der Waals surface area contributed by atoms with Crippen molar-refractivity contribution in [2.45, 2.75) is 114 Å². The van der Waals surface area contributed by atoms with E-state index in [1.165, 1.54) is 39.2 Å². The van der Waals surface area contributed by atoms with Crippen LogP contribution in [0.2, 0.25) is 0 Å². The van der Waals surface area contributed by atoms with E-state index < -0.39 is 16.1 Å². The Morgan fingerprint density at radius 3 is 2.25 bits per heavy atom. The highest BCUT2D eigenvalue weighted by atomic mass is 32.2. The molecule has 0 bridgehead atoms. The van der Waals surface area contributed by atoms with Crippen LogP contribution in [0.1, 0.15) is 90.4 Å². The van der Waals surface area contributed by atoms with Gasteiger partial charge in [0.05, 0.1) is 18.3 Å². The zero-order valence-electron chi connectivity index (χ0n) is 24.5. The van der Waals surface area contributed by atoms with Gasteiger partial charge in [0, 0.05) is 44.3 Å². The summed E-state index contributed by atoms with van der Waals surface area (Å²) in [4.78, 5) is 24.8. The highest BCUT2D eigenvalue weighted by Crippen LogP contribution is 2.40. The third-order valence-corrected chi connectivity index (χ3v) is 13.1. The lowest BCUT2D eigenvalue weighted by Gasteiger charge is -2.42. The van der Waals surface area contributed by atoms with Crippen molar-refractivity contribution in [2.75, 3.05) is 33.3 Å². The third kappa shape index (κ3) is 6.79. The van der Waals surface area contributed by atoms with Crippen LogP contribution in [0.25, 0.3) is 0 Å². The average Bonchev–Trinajstić information content (AvgIpc) is 3.31. The van der Waals surface area contributed by atoms with Gasteiger partial charge >= 0.3 is 6.09 Å². The number of hydrogen-bond donors (Lipinski definition) is 3. The van der Waals surface area contributed by atoms with Gasteiger partial charge in [-0.1, -0.05) is 19.3 Å². The van der Waals surface area contributed by atoms with Crippen LogP contribution in [-0.4, -0.2) is 86.4 Å². The fourth-order valence-electron chi connectivity index (χ4n) is 8.33. The number of fused-ring (bicyclic) bond motifs is 1. The van der Waals surface area contributed by atoms with E-state index in [4.69, 9.17) is 0 Å². The second-order valence-corrected chi connectivity index (χ2v) is 15.3. The Hall–Kier alpha value is -1.43. The van der Waals surface area contributed by atoms with Crippen molar-refractivity contribution in [1.29, 1.82) is 0 Å². The lowest BCUT2D eigenvalue weighted by Crippen LogP contribution is -2.50. The van der Waals surface area contributed by atoms with E-state index in [2.05, 4.69) is 32.7 Å². The smallest absolute Gasteiger partial charge is 0.407 e. The maximum atomic E-state index is 13.4. The average molecular weight is 582 g/mol. The maximum Gasteiger partial charge on any atom is 0.407 e. The highest BCUT2D eigenvalue weighted by molar-refractivity contribution is 7.89. The van der Waals surface area contributed by atoms with Gasteiger partial charge in [-0.25, -0.2) is 22.5 Å². The van der Waals surface area contributed by atoms with E-state index in [0.717, 1.165) is 38.8 Å². The van der Waals surface area contributed by atoms with Crippen LogP contribution in [-0.2, 0) is 19.6 Å². The van der Waals surface area contributed by atoms with Crippen LogP contribution in [0, 0.1) is 23.7 Å². The minimum absolute atomic E-state index is 0.0125. The van der Waals surface area contributed by atoms with Gasteiger partial charge in [0.2, 0.25) is 15.9 Å². The second kappa shape index (κ2) is 13.3. The molecule has 3 saturated heterocycles. The van der Waals surface area contributed by atoms with Crippen LogP contribution >= 0.6 is 0 Å². The summed E-state index contributed by atoms with van der Waals surface area (Å²) in [5, 5.41) is 8.08. The maximum absolute atomic E-state index is 13.4. The van der Waals surface area contributed by atoms with Crippen LogP contribution in [0.5, 0.6) is 0 Å². The van der Waals surface area contributed by atoms with Crippen LogP contribution in [0.3, 0.4) is 0 Å². The molecule has 4 atom stereocenters. The van der Waals surface area contributed by atoms with Gasteiger partial charge < -0.3 is 15.4 Å². The van der Waals surface area contributed by atoms with Crippen LogP contribution in [0.4, 0.5) is 4.79 Å². The molecule has 5 fully saturated rings. The summed E-state index contributed by atoms with van der Waals surface area (Å²) in [5.74, 6) is 1.85. The number of methoxy groups -OCH3 is 1. The van der Waals surface area contributed by atoms with E-state index in [1.54, 1.807) is 4.31 Å². The van der Waals surface area contributed by atoms with Crippen LogP contribution < -0.4 is 16.1 Å². The summed E-state index contributed by atoms with van der Waals surface area (Å²) < 4.78 is 33.3. The molecular weight excluding hydrogens is 530 g/mol. The lowest BCUT2D eigenvalue weighted by atomic mass is 9.74. The highest BCUT2D eigenvalue weighted by Gasteiger charge is 2.48.